The maximum atomic E-state index is 6.53. The number of nitrogens with one attached hydrogen (secondary N) is 1. The summed E-state index contributed by atoms with van der Waals surface area (Å²) >= 11 is 0. The topological polar surface area (TPSA) is 80.6 Å². The minimum atomic E-state index is 0.0572. The molecular weight excluding hydrogens is 570 g/mol. The van der Waals surface area contributed by atoms with E-state index in [0.29, 0.717) is 45.6 Å². The lowest BCUT2D eigenvalue weighted by molar-refractivity contribution is 0.0105. The first-order chi connectivity index (χ1) is 22.2. The van der Waals surface area contributed by atoms with Crippen molar-refractivity contribution in [1.29, 1.82) is 0 Å². The van der Waals surface area contributed by atoms with Gasteiger partial charge in [0.1, 0.15) is 23.0 Å². The van der Waals surface area contributed by atoms with E-state index in [1.54, 1.807) is 20.5 Å². The van der Waals surface area contributed by atoms with Crippen LogP contribution in [0.1, 0.15) is 41.9 Å². The molecule has 0 amide bonds. The van der Waals surface area contributed by atoms with Crippen molar-refractivity contribution in [1.82, 2.24) is 5.32 Å². The molecule has 5 rings (SSSR count). The highest BCUT2D eigenvalue weighted by Crippen LogP contribution is 2.33. The van der Waals surface area contributed by atoms with Gasteiger partial charge in [0.2, 0.25) is 0 Å². The summed E-state index contributed by atoms with van der Waals surface area (Å²) in [4.78, 5) is 0. The SMILES string of the molecule is COCCCOc1cc(COC2CNCCC2c2ccc(OCCCOCc3ccccc3OC)cc2)ccc1-c1ccco1. The van der Waals surface area contributed by atoms with Crippen molar-refractivity contribution >= 4 is 0 Å². The Bertz CT molecular complexity index is 1410. The Balaban J connectivity index is 1.11. The predicted molar refractivity (Wildman–Crippen MR) is 174 cm³/mol. The maximum Gasteiger partial charge on any atom is 0.137 e. The molecule has 3 aromatic carbocycles. The summed E-state index contributed by atoms with van der Waals surface area (Å²) < 4.78 is 40.7. The van der Waals surface area contributed by atoms with E-state index in [2.05, 4.69) is 41.7 Å². The van der Waals surface area contributed by atoms with Gasteiger partial charge in [-0.15, -0.1) is 0 Å². The molecule has 8 heteroatoms. The van der Waals surface area contributed by atoms with Gasteiger partial charge in [-0.2, -0.15) is 0 Å². The smallest absolute Gasteiger partial charge is 0.137 e. The van der Waals surface area contributed by atoms with Crippen LogP contribution in [0.5, 0.6) is 17.2 Å². The summed E-state index contributed by atoms with van der Waals surface area (Å²) in [6, 6.07) is 26.4. The molecule has 1 fully saturated rings. The molecule has 2 heterocycles. The van der Waals surface area contributed by atoms with Crippen molar-refractivity contribution in [3.63, 3.8) is 0 Å². The van der Waals surface area contributed by atoms with Crippen LogP contribution in [0.2, 0.25) is 0 Å². The molecule has 0 saturated carbocycles. The minimum absolute atomic E-state index is 0.0572. The zero-order chi connectivity index (χ0) is 31.1. The van der Waals surface area contributed by atoms with Gasteiger partial charge >= 0.3 is 0 Å². The largest absolute Gasteiger partial charge is 0.496 e. The van der Waals surface area contributed by atoms with Crippen molar-refractivity contribution in [2.45, 2.75) is 44.5 Å². The number of furan rings is 1. The van der Waals surface area contributed by atoms with E-state index in [1.807, 2.05) is 42.5 Å². The van der Waals surface area contributed by atoms with Crippen LogP contribution in [0.3, 0.4) is 0 Å². The second-order valence-electron chi connectivity index (χ2n) is 11.1. The molecule has 1 aromatic heterocycles. The summed E-state index contributed by atoms with van der Waals surface area (Å²) in [7, 11) is 3.38. The Morgan fingerprint density at radius 1 is 0.800 bits per heavy atom. The lowest BCUT2D eigenvalue weighted by Crippen LogP contribution is -2.40. The highest BCUT2D eigenvalue weighted by molar-refractivity contribution is 5.66. The van der Waals surface area contributed by atoms with Crippen molar-refractivity contribution in [2.24, 2.45) is 0 Å². The Morgan fingerprint density at radius 3 is 2.47 bits per heavy atom. The van der Waals surface area contributed by atoms with Gasteiger partial charge < -0.3 is 38.2 Å². The summed E-state index contributed by atoms with van der Waals surface area (Å²) in [5.74, 6) is 3.59. The number of benzene rings is 3. The molecule has 2 unspecified atom stereocenters. The van der Waals surface area contributed by atoms with E-state index in [1.165, 1.54) is 5.56 Å². The fourth-order valence-electron chi connectivity index (χ4n) is 5.55. The van der Waals surface area contributed by atoms with Crippen LogP contribution in [0.15, 0.2) is 89.5 Å². The molecule has 45 heavy (non-hydrogen) atoms. The molecule has 0 spiro atoms. The third kappa shape index (κ3) is 9.58. The van der Waals surface area contributed by atoms with Crippen LogP contribution < -0.4 is 19.5 Å². The highest BCUT2D eigenvalue weighted by Gasteiger charge is 2.27. The number of rotatable bonds is 18. The molecule has 1 saturated heterocycles. The van der Waals surface area contributed by atoms with Gasteiger partial charge in [0.15, 0.2) is 0 Å². The maximum absolute atomic E-state index is 6.53. The Hall–Kier alpha value is -3.82. The van der Waals surface area contributed by atoms with E-state index in [0.717, 1.165) is 72.1 Å². The number of hydrogen-bond acceptors (Lipinski definition) is 8. The van der Waals surface area contributed by atoms with Gasteiger partial charge in [-0.1, -0.05) is 36.4 Å². The third-order valence-corrected chi connectivity index (χ3v) is 7.93. The second kappa shape index (κ2) is 17.6. The summed E-state index contributed by atoms with van der Waals surface area (Å²) in [5, 5.41) is 3.51. The number of methoxy groups -OCH3 is 2. The van der Waals surface area contributed by atoms with Crippen LogP contribution in [-0.2, 0) is 27.4 Å². The van der Waals surface area contributed by atoms with Crippen LogP contribution in [0.25, 0.3) is 11.3 Å². The molecule has 1 N–H and O–H groups in total. The number of ether oxygens (including phenoxy) is 6. The molecule has 2 atom stereocenters. The standard InChI is InChI=1S/C37H45NO7/c1-39-19-6-23-44-36-24-28(11-16-33(36)35-10-5-21-43-35)26-45-37-25-38-18-17-32(37)29-12-14-31(15-13-29)42-22-7-20-41-27-30-8-3-4-9-34(30)40-2/h3-5,8-16,21,24,32,37-38H,6-7,17-20,22-23,25-27H2,1-2H3. The van der Waals surface area contributed by atoms with Crippen molar-refractivity contribution in [2.75, 3.05) is 53.7 Å². The quantitative estimate of drug-likeness (QED) is 0.120. The van der Waals surface area contributed by atoms with Gasteiger partial charge in [0.25, 0.3) is 0 Å². The van der Waals surface area contributed by atoms with E-state index in [9.17, 15) is 0 Å². The van der Waals surface area contributed by atoms with Crippen LogP contribution in [0, 0.1) is 0 Å². The number of para-hydroxylation sites is 1. The average molecular weight is 616 g/mol. The molecule has 0 bridgehead atoms. The van der Waals surface area contributed by atoms with E-state index < -0.39 is 0 Å². The zero-order valence-electron chi connectivity index (χ0n) is 26.4. The van der Waals surface area contributed by atoms with Crippen molar-refractivity contribution < 1.29 is 32.8 Å². The Morgan fingerprint density at radius 2 is 1.64 bits per heavy atom. The molecular formula is C37H45NO7. The van der Waals surface area contributed by atoms with Crippen LogP contribution >= 0.6 is 0 Å². The second-order valence-corrected chi connectivity index (χ2v) is 11.1. The van der Waals surface area contributed by atoms with E-state index >= 15 is 0 Å². The first kappa shape index (κ1) is 32.6. The Labute approximate surface area is 266 Å². The molecule has 8 nitrogen and oxygen atoms in total. The minimum Gasteiger partial charge on any atom is -0.496 e. The highest BCUT2D eigenvalue weighted by atomic mass is 16.5. The Kier molecular flexibility index (Phi) is 12.7. The van der Waals surface area contributed by atoms with Gasteiger partial charge in [-0.3, -0.25) is 0 Å². The van der Waals surface area contributed by atoms with Crippen molar-refractivity contribution in [3.05, 3.63) is 102 Å². The fourth-order valence-corrected chi connectivity index (χ4v) is 5.55. The van der Waals surface area contributed by atoms with E-state index in [4.69, 9.17) is 32.8 Å². The fraction of sp³-hybridized carbons (Fsp3) is 0.405. The van der Waals surface area contributed by atoms with Crippen LogP contribution in [0.4, 0.5) is 0 Å². The first-order valence-electron chi connectivity index (χ1n) is 15.8. The molecule has 240 valence electrons. The van der Waals surface area contributed by atoms with Gasteiger partial charge in [0.05, 0.1) is 58.1 Å². The molecule has 1 aliphatic rings. The summed E-state index contributed by atoms with van der Waals surface area (Å²) in [5.41, 5.74) is 4.31. The predicted octanol–water partition coefficient (Wildman–Crippen LogP) is 7.02. The number of hydrogen-bond donors (Lipinski definition) is 1. The zero-order valence-corrected chi connectivity index (χ0v) is 26.4. The third-order valence-electron chi connectivity index (χ3n) is 7.93. The molecule has 1 aliphatic heterocycles. The summed E-state index contributed by atoms with van der Waals surface area (Å²) in [6.07, 6.45) is 4.37. The normalized spacial score (nSPS) is 16.4. The monoisotopic (exact) mass is 615 g/mol. The first-order valence-corrected chi connectivity index (χ1v) is 15.8. The van der Waals surface area contributed by atoms with Crippen molar-refractivity contribution in [3.8, 4) is 28.6 Å². The van der Waals surface area contributed by atoms with Gasteiger partial charge in [0, 0.05) is 44.6 Å². The lowest BCUT2D eigenvalue weighted by atomic mass is 9.87. The molecule has 4 aromatic rings. The molecule has 0 radical (unpaired) electrons. The van der Waals surface area contributed by atoms with E-state index in [-0.39, 0.29) is 6.10 Å². The molecule has 0 aliphatic carbocycles. The van der Waals surface area contributed by atoms with Crippen LogP contribution in [-0.4, -0.2) is 59.8 Å². The van der Waals surface area contributed by atoms with Gasteiger partial charge in [-0.25, -0.2) is 0 Å². The lowest BCUT2D eigenvalue weighted by Gasteiger charge is -2.32. The summed E-state index contributed by atoms with van der Waals surface area (Å²) in [6.45, 7) is 5.24. The average Bonchev–Trinajstić information content (AvgIpc) is 3.63. The van der Waals surface area contributed by atoms with Gasteiger partial charge in [-0.05, 0) is 66.6 Å². The number of piperidine rings is 1.